The average Bonchev–Trinajstić information content (AvgIpc) is 2.42. The Morgan fingerprint density at radius 3 is 2.58 bits per heavy atom. The molecule has 19 heavy (non-hydrogen) atoms. The lowest BCUT2D eigenvalue weighted by Gasteiger charge is -2.32. The predicted molar refractivity (Wildman–Crippen MR) is 82.9 cm³/mol. The van der Waals surface area contributed by atoms with Gasteiger partial charge in [0.25, 0.3) is 0 Å². The normalized spacial score (nSPS) is 11.8. The maximum Gasteiger partial charge on any atom is 0.0587 e. The van der Waals surface area contributed by atoms with Gasteiger partial charge in [-0.05, 0) is 42.4 Å². The molecular weight excluding hydrogens is 258 g/mol. The summed E-state index contributed by atoms with van der Waals surface area (Å²) in [5, 5.41) is 4.33. The van der Waals surface area contributed by atoms with Crippen molar-refractivity contribution >= 4 is 11.6 Å². The lowest BCUT2D eigenvalue weighted by molar-refractivity contribution is 0.185. The van der Waals surface area contributed by atoms with Gasteiger partial charge in [-0.2, -0.15) is 0 Å². The highest BCUT2D eigenvalue weighted by molar-refractivity contribution is 6.30. The molecule has 0 saturated heterocycles. The van der Waals surface area contributed by atoms with Crippen LogP contribution in [0.2, 0.25) is 5.02 Å². The standard InChI is InChI=1S/C16H26ClNO/c1-4-16(5-2,13-18-9-10-19-3)12-14-7-6-8-15(17)11-14/h6-8,11,18H,4-5,9-10,12-13H2,1-3H3. The first kappa shape index (κ1) is 16.5. The van der Waals surface area contributed by atoms with E-state index in [9.17, 15) is 0 Å². The molecular formula is C16H26ClNO. The van der Waals surface area contributed by atoms with E-state index in [-0.39, 0.29) is 0 Å². The summed E-state index contributed by atoms with van der Waals surface area (Å²) < 4.78 is 5.08. The average molecular weight is 284 g/mol. The van der Waals surface area contributed by atoms with Gasteiger partial charge in [0.1, 0.15) is 0 Å². The molecule has 0 aromatic heterocycles. The molecule has 1 aromatic rings. The quantitative estimate of drug-likeness (QED) is 0.694. The van der Waals surface area contributed by atoms with Gasteiger partial charge in [-0.1, -0.05) is 37.6 Å². The van der Waals surface area contributed by atoms with Gasteiger partial charge < -0.3 is 10.1 Å². The van der Waals surface area contributed by atoms with E-state index in [0.29, 0.717) is 5.41 Å². The van der Waals surface area contributed by atoms with Gasteiger partial charge in [-0.25, -0.2) is 0 Å². The largest absolute Gasteiger partial charge is 0.383 e. The van der Waals surface area contributed by atoms with E-state index >= 15 is 0 Å². The van der Waals surface area contributed by atoms with Gasteiger partial charge in [0, 0.05) is 25.2 Å². The van der Waals surface area contributed by atoms with Gasteiger partial charge in [-0.15, -0.1) is 0 Å². The molecule has 0 aliphatic rings. The lowest BCUT2D eigenvalue weighted by Crippen LogP contribution is -2.36. The van der Waals surface area contributed by atoms with Crippen LogP contribution in [0.4, 0.5) is 0 Å². The van der Waals surface area contributed by atoms with E-state index in [1.807, 2.05) is 12.1 Å². The summed E-state index contributed by atoms with van der Waals surface area (Å²) in [5.74, 6) is 0. The van der Waals surface area contributed by atoms with Crippen molar-refractivity contribution in [2.24, 2.45) is 5.41 Å². The van der Waals surface area contributed by atoms with E-state index in [1.165, 1.54) is 5.56 Å². The molecule has 1 rings (SSSR count). The lowest BCUT2D eigenvalue weighted by atomic mass is 9.77. The first-order valence-corrected chi connectivity index (χ1v) is 7.47. The van der Waals surface area contributed by atoms with Crippen LogP contribution in [0.15, 0.2) is 24.3 Å². The van der Waals surface area contributed by atoms with Crippen molar-refractivity contribution in [3.63, 3.8) is 0 Å². The summed E-state index contributed by atoms with van der Waals surface area (Å²) in [6, 6.07) is 8.21. The van der Waals surface area contributed by atoms with Crippen molar-refractivity contribution in [2.45, 2.75) is 33.1 Å². The highest BCUT2D eigenvalue weighted by Crippen LogP contribution is 2.31. The molecule has 108 valence electrons. The molecule has 0 unspecified atom stereocenters. The fourth-order valence-electron chi connectivity index (χ4n) is 2.42. The zero-order chi connectivity index (χ0) is 14.1. The molecule has 2 nitrogen and oxygen atoms in total. The molecule has 0 radical (unpaired) electrons. The summed E-state index contributed by atoms with van der Waals surface area (Å²) in [7, 11) is 1.74. The van der Waals surface area contributed by atoms with Crippen LogP contribution in [0.3, 0.4) is 0 Å². The van der Waals surface area contributed by atoms with Crippen LogP contribution in [-0.4, -0.2) is 26.8 Å². The fraction of sp³-hybridized carbons (Fsp3) is 0.625. The van der Waals surface area contributed by atoms with Crippen molar-refractivity contribution in [3.8, 4) is 0 Å². The molecule has 0 spiro atoms. The molecule has 0 atom stereocenters. The number of halogens is 1. The minimum absolute atomic E-state index is 0.304. The second kappa shape index (κ2) is 8.57. The number of rotatable bonds is 9. The Kier molecular flexibility index (Phi) is 7.44. The summed E-state index contributed by atoms with van der Waals surface area (Å²) in [5.41, 5.74) is 1.63. The number of ether oxygens (including phenoxy) is 1. The predicted octanol–water partition coefficient (Wildman–Crippen LogP) is 3.92. The Morgan fingerprint density at radius 2 is 2.00 bits per heavy atom. The Balaban J connectivity index is 2.64. The molecule has 0 saturated carbocycles. The second-order valence-electron chi connectivity index (χ2n) is 5.18. The van der Waals surface area contributed by atoms with Gasteiger partial charge in [0.15, 0.2) is 0 Å². The molecule has 0 heterocycles. The van der Waals surface area contributed by atoms with E-state index in [4.69, 9.17) is 16.3 Å². The third kappa shape index (κ3) is 5.52. The van der Waals surface area contributed by atoms with Gasteiger partial charge in [0.05, 0.1) is 6.61 Å². The van der Waals surface area contributed by atoms with Crippen LogP contribution in [0, 0.1) is 5.41 Å². The van der Waals surface area contributed by atoms with Crippen molar-refractivity contribution in [1.29, 1.82) is 0 Å². The second-order valence-corrected chi connectivity index (χ2v) is 5.62. The van der Waals surface area contributed by atoms with E-state index in [2.05, 4.69) is 31.3 Å². The molecule has 1 N–H and O–H groups in total. The minimum atomic E-state index is 0.304. The van der Waals surface area contributed by atoms with Gasteiger partial charge >= 0.3 is 0 Å². The topological polar surface area (TPSA) is 21.3 Å². The Labute approximate surface area is 122 Å². The van der Waals surface area contributed by atoms with Crippen LogP contribution in [0.25, 0.3) is 0 Å². The molecule has 0 aliphatic carbocycles. The van der Waals surface area contributed by atoms with E-state index in [1.54, 1.807) is 7.11 Å². The monoisotopic (exact) mass is 283 g/mol. The van der Waals surface area contributed by atoms with Crippen LogP contribution >= 0.6 is 11.6 Å². The minimum Gasteiger partial charge on any atom is -0.383 e. The molecule has 0 bridgehead atoms. The molecule has 1 aromatic carbocycles. The van der Waals surface area contributed by atoms with E-state index < -0.39 is 0 Å². The van der Waals surface area contributed by atoms with Crippen molar-refractivity contribution < 1.29 is 4.74 Å². The number of hydrogen-bond donors (Lipinski definition) is 1. The Morgan fingerprint density at radius 1 is 1.26 bits per heavy atom. The first-order chi connectivity index (χ1) is 9.15. The molecule has 0 amide bonds. The highest BCUT2D eigenvalue weighted by atomic mass is 35.5. The fourth-order valence-corrected chi connectivity index (χ4v) is 2.63. The SMILES string of the molecule is CCC(CC)(CNCCOC)Cc1cccc(Cl)c1. The highest BCUT2D eigenvalue weighted by Gasteiger charge is 2.26. The molecule has 0 aliphatic heterocycles. The van der Waals surface area contributed by atoms with E-state index in [0.717, 1.165) is 44.0 Å². The smallest absolute Gasteiger partial charge is 0.0587 e. The molecule has 0 fully saturated rings. The van der Waals surface area contributed by atoms with Crippen LogP contribution in [-0.2, 0) is 11.2 Å². The number of hydrogen-bond acceptors (Lipinski definition) is 2. The Hall–Kier alpha value is -0.570. The number of methoxy groups -OCH3 is 1. The maximum absolute atomic E-state index is 6.07. The van der Waals surface area contributed by atoms with Crippen LogP contribution in [0.5, 0.6) is 0 Å². The Bertz CT molecular complexity index is 364. The number of nitrogens with one attached hydrogen (secondary N) is 1. The van der Waals surface area contributed by atoms with Crippen LogP contribution < -0.4 is 5.32 Å². The third-order valence-corrected chi connectivity index (χ3v) is 4.19. The summed E-state index contributed by atoms with van der Waals surface area (Å²) in [4.78, 5) is 0. The van der Waals surface area contributed by atoms with Gasteiger partial charge in [0.2, 0.25) is 0 Å². The zero-order valence-electron chi connectivity index (χ0n) is 12.3. The summed E-state index contributed by atoms with van der Waals surface area (Å²) in [6.07, 6.45) is 3.40. The molecule has 3 heteroatoms. The van der Waals surface area contributed by atoms with Crippen molar-refractivity contribution in [1.82, 2.24) is 5.32 Å². The van der Waals surface area contributed by atoms with Gasteiger partial charge in [-0.3, -0.25) is 0 Å². The summed E-state index contributed by atoms with van der Waals surface area (Å²) in [6.45, 7) is 7.24. The summed E-state index contributed by atoms with van der Waals surface area (Å²) >= 11 is 6.07. The number of benzene rings is 1. The first-order valence-electron chi connectivity index (χ1n) is 7.10. The maximum atomic E-state index is 6.07. The zero-order valence-corrected chi connectivity index (χ0v) is 13.1. The van der Waals surface area contributed by atoms with Crippen molar-refractivity contribution in [3.05, 3.63) is 34.9 Å². The van der Waals surface area contributed by atoms with Crippen LogP contribution in [0.1, 0.15) is 32.3 Å². The van der Waals surface area contributed by atoms with Crippen molar-refractivity contribution in [2.75, 3.05) is 26.8 Å². The third-order valence-electron chi connectivity index (χ3n) is 3.95.